The molecule has 1 fully saturated rings. The number of hydrogen-bond donors (Lipinski definition) is 1. The number of likely N-dealkylation sites (tertiary alicyclic amines) is 1. The van der Waals surface area contributed by atoms with Crippen LogP contribution in [0.1, 0.15) is 32.3 Å². The van der Waals surface area contributed by atoms with Crippen LogP contribution in [0.5, 0.6) is 5.75 Å². The van der Waals surface area contributed by atoms with Crippen molar-refractivity contribution in [2.45, 2.75) is 39.3 Å². The van der Waals surface area contributed by atoms with E-state index >= 15 is 0 Å². The van der Waals surface area contributed by atoms with E-state index < -0.39 is 6.10 Å². The average Bonchev–Trinajstić information content (AvgIpc) is 2.71. The Morgan fingerprint density at radius 3 is 2.72 bits per heavy atom. The lowest BCUT2D eigenvalue weighted by atomic mass is 9.97. The Balaban J connectivity index is 1.76. The Hall–Kier alpha value is -1.89. The fraction of sp³-hybridized carbons (Fsp3) is 0.609. The Kier molecular flexibility index (Phi) is 9.64. The summed E-state index contributed by atoms with van der Waals surface area (Å²) in [6.07, 6.45) is 0.991. The summed E-state index contributed by atoms with van der Waals surface area (Å²) in [5.41, 5.74) is 2.34. The number of hydrogen-bond acceptors (Lipinski definition) is 6. The molecule has 1 heterocycles. The van der Waals surface area contributed by atoms with Gasteiger partial charge in [0.1, 0.15) is 18.5 Å². The number of β-amino-alcohol motifs (C(OH)–C–C–N with tert-alkyl or cyclic N) is 1. The zero-order chi connectivity index (χ0) is 21.2. The van der Waals surface area contributed by atoms with Crippen molar-refractivity contribution in [3.05, 3.63) is 42.0 Å². The highest BCUT2D eigenvalue weighted by Gasteiger charge is 2.26. The van der Waals surface area contributed by atoms with Crippen LogP contribution >= 0.6 is 0 Å². The lowest BCUT2D eigenvalue weighted by Crippen LogP contribution is -2.42. The molecule has 0 saturated carbocycles. The monoisotopic (exact) mass is 404 g/mol. The third kappa shape index (κ3) is 8.17. The number of benzene rings is 1. The molecular weight excluding hydrogens is 368 g/mol. The normalized spacial score (nSPS) is 16.6. The van der Waals surface area contributed by atoms with E-state index in [9.17, 15) is 9.90 Å². The van der Waals surface area contributed by atoms with Gasteiger partial charge in [0.25, 0.3) is 0 Å². The van der Waals surface area contributed by atoms with Gasteiger partial charge in [-0.1, -0.05) is 31.2 Å². The first-order chi connectivity index (χ1) is 13.9. The molecule has 0 aliphatic carbocycles. The van der Waals surface area contributed by atoms with Crippen molar-refractivity contribution < 1.29 is 19.4 Å². The molecule has 1 unspecified atom stereocenters. The van der Waals surface area contributed by atoms with Crippen LogP contribution in [-0.2, 0) is 16.1 Å². The number of carbonyl (C=O) groups excluding carboxylic acids is 1. The van der Waals surface area contributed by atoms with Crippen LogP contribution in [0.4, 0.5) is 0 Å². The second kappa shape index (κ2) is 12.0. The lowest BCUT2D eigenvalue weighted by Gasteiger charge is -2.31. The summed E-state index contributed by atoms with van der Waals surface area (Å²) in [6.45, 7) is 13.3. The summed E-state index contributed by atoms with van der Waals surface area (Å²) in [5.74, 6) is 0.635. The summed E-state index contributed by atoms with van der Waals surface area (Å²) in [6, 6.07) is 8.04. The minimum Gasteiger partial charge on any atom is -0.491 e. The van der Waals surface area contributed by atoms with Gasteiger partial charge in [0.05, 0.1) is 13.0 Å². The molecule has 1 aliphatic heterocycles. The highest BCUT2D eigenvalue weighted by atomic mass is 16.5. The van der Waals surface area contributed by atoms with Gasteiger partial charge in [-0.15, -0.1) is 0 Å². The Morgan fingerprint density at radius 1 is 1.38 bits per heavy atom. The van der Waals surface area contributed by atoms with Crippen molar-refractivity contribution in [3.8, 4) is 5.75 Å². The maximum Gasteiger partial charge on any atom is 0.308 e. The Morgan fingerprint density at radius 2 is 2.10 bits per heavy atom. The SMILES string of the molecule is C=C(C)CN(CC)Cc1cccc(OCC(O)CN2CCC(C(=O)OC)CC2)c1. The van der Waals surface area contributed by atoms with Gasteiger partial charge in [0.15, 0.2) is 0 Å². The number of carbonyl (C=O) groups is 1. The van der Waals surface area contributed by atoms with Gasteiger partial charge in [-0.2, -0.15) is 0 Å². The van der Waals surface area contributed by atoms with E-state index in [4.69, 9.17) is 9.47 Å². The van der Waals surface area contributed by atoms with Crippen LogP contribution in [-0.4, -0.2) is 73.4 Å². The van der Waals surface area contributed by atoms with E-state index in [1.54, 1.807) is 0 Å². The van der Waals surface area contributed by atoms with Gasteiger partial charge in [-0.25, -0.2) is 0 Å². The van der Waals surface area contributed by atoms with Crippen LogP contribution in [0, 0.1) is 5.92 Å². The van der Waals surface area contributed by atoms with Crippen molar-refractivity contribution in [2.24, 2.45) is 5.92 Å². The molecule has 0 radical (unpaired) electrons. The Labute approximate surface area is 175 Å². The summed E-state index contributed by atoms with van der Waals surface area (Å²) in [4.78, 5) is 16.1. The van der Waals surface area contributed by atoms with Crippen LogP contribution in [0.2, 0.25) is 0 Å². The van der Waals surface area contributed by atoms with Gasteiger partial charge >= 0.3 is 5.97 Å². The molecule has 0 bridgehead atoms. The van der Waals surface area contributed by atoms with Gasteiger partial charge in [-0.05, 0) is 57.1 Å². The minimum absolute atomic E-state index is 0.0139. The van der Waals surface area contributed by atoms with Crippen LogP contribution in [0.3, 0.4) is 0 Å². The van der Waals surface area contributed by atoms with E-state index in [0.29, 0.717) is 6.54 Å². The molecule has 1 aliphatic rings. The molecule has 1 aromatic carbocycles. The van der Waals surface area contributed by atoms with E-state index in [1.165, 1.54) is 12.7 Å². The predicted molar refractivity (Wildman–Crippen MR) is 115 cm³/mol. The van der Waals surface area contributed by atoms with E-state index in [-0.39, 0.29) is 18.5 Å². The number of esters is 1. The molecule has 6 nitrogen and oxygen atoms in total. The van der Waals surface area contributed by atoms with Gasteiger partial charge in [-0.3, -0.25) is 9.69 Å². The molecular formula is C23H36N2O4. The smallest absolute Gasteiger partial charge is 0.308 e. The first kappa shape index (κ1) is 23.4. The van der Waals surface area contributed by atoms with Crippen molar-refractivity contribution >= 4 is 5.97 Å². The summed E-state index contributed by atoms with van der Waals surface area (Å²) in [5, 5.41) is 10.4. The van der Waals surface area contributed by atoms with Crippen molar-refractivity contribution in [1.82, 2.24) is 9.80 Å². The zero-order valence-electron chi connectivity index (χ0n) is 18.1. The van der Waals surface area contributed by atoms with E-state index in [2.05, 4.69) is 29.4 Å². The number of likely N-dealkylation sites (N-methyl/N-ethyl adjacent to an activating group) is 1. The summed E-state index contributed by atoms with van der Waals surface area (Å²) in [7, 11) is 1.44. The molecule has 29 heavy (non-hydrogen) atoms. The van der Waals surface area contributed by atoms with Gasteiger partial charge in [0.2, 0.25) is 0 Å². The van der Waals surface area contributed by atoms with Crippen molar-refractivity contribution in [3.63, 3.8) is 0 Å². The fourth-order valence-corrected chi connectivity index (χ4v) is 3.71. The molecule has 6 heteroatoms. The average molecular weight is 405 g/mol. The van der Waals surface area contributed by atoms with Crippen LogP contribution in [0.25, 0.3) is 0 Å². The lowest BCUT2D eigenvalue weighted by molar-refractivity contribution is -0.147. The van der Waals surface area contributed by atoms with Crippen LogP contribution < -0.4 is 4.74 Å². The maximum atomic E-state index is 11.6. The number of aliphatic hydroxyl groups is 1. The predicted octanol–water partition coefficient (Wildman–Crippen LogP) is 2.71. The molecule has 0 aromatic heterocycles. The topological polar surface area (TPSA) is 62.2 Å². The largest absolute Gasteiger partial charge is 0.491 e. The van der Waals surface area contributed by atoms with E-state index in [0.717, 1.165) is 56.9 Å². The van der Waals surface area contributed by atoms with Crippen LogP contribution in [0.15, 0.2) is 36.4 Å². The summed E-state index contributed by atoms with van der Waals surface area (Å²) < 4.78 is 10.7. The third-order valence-corrected chi connectivity index (χ3v) is 5.28. The Bertz CT molecular complexity index is 656. The highest BCUT2D eigenvalue weighted by molar-refractivity contribution is 5.72. The first-order valence-corrected chi connectivity index (χ1v) is 10.5. The number of nitrogens with zero attached hydrogens (tertiary/aromatic N) is 2. The zero-order valence-corrected chi connectivity index (χ0v) is 18.1. The third-order valence-electron chi connectivity index (χ3n) is 5.28. The number of methoxy groups -OCH3 is 1. The molecule has 0 spiro atoms. The second-order valence-electron chi connectivity index (χ2n) is 7.97. The van der Waals surface area contributed by atoms with Crippen molar-refractivity contribution in [2.75, 3.05) is 46.4 Å². The molecule has 1 atom stereocenters. The minimum atomic E-state index is -0.566. The molecule has 1 N–H and O–H groups in total. The summed E-state index contributed by atoms with van der Waals surface area (Å²) >= 11 is 0. The van der Waals surface area contributed by atoms with Crippen molar-refractivity contribution in [1.29, 1.82) is 0 Å². The maximum absolute atomic E-state index is 11.6. The number of ether oxygens (including phenoxy) is 2. The standard InChI is InChI=1S/C23H36N2O4/c1-5-24(14-18(2)3)15-19-7-6-8-22(13-19)29-17-21(26)16-25-11-9-20(10-12-25)23(27)28-4/h6-8,13,20-21,26H,2,5,9-12,14-17H2,1,3-4H3. The molecule has 162 valence electrons. The molecule has 1 aromatic rings. The number of aliphatic hydroxyl groups excluding tert-OH is 1. The number of rotatable bonds is 11. The number of piperidine rings is 1. The molecule has 1 saturated heterocycles. The van der Waals surface area contributed by atoms with Gasteiger partial charge in [0, 0.05) is 19.6 Å². The highest BCUT2D eigenvalue weighted by Crippen LogP contribution is 2.19. The quantitative estimate of drug-likeness (QED) is 0.452. The van der Waals surface area contributed by atoms with E-state index in [1.807, 2.05) is 25.1 Å². The first-order valence-electron chi connectivity index (χ1n) is 10.5. The molecule has 2 rings (SSSR count). The fourth-order valence-electron chi connectivity index (χ4n) is 3.71. The second-order valence-corrected chi connectivity index (χ2v) is 7.97. The molecule has 0 amide bonds. The van der Waals surface area contributed by atoms with Gasteiger partial charge < -0.3 is 19.5 Å².